The van der Waals surface area contributed by atoms with Crippen LogP contribution in [0.5, 0.6) is 0 Å². The highest BCUT2D eigenvalue weighted by atomic mass is 35.5. The second-order valence-corrected chi connectivity index (χ2v) is 14.3. The van der Waals surface area contributed by atoms with Gasteiger partial charge in [0.1, 0.15) is 12.6 Å². The average Bonchev–Trinajstić information content (AvgIpc) is 2.90. The Morgan fingerprint density at radius 3 is 2.12 bits per heavy atom. The Morgan fingerprint density at radius 2 is 1.55 bits per heavy atom. The molecule has 1 N–H and O–H groups in total. The lowest BCUT2D eigenvalue weighted by molar-refractivity contribution is -0.141. The highest BCUT2D eigenvalue weighted by Gasteiger charge is 2.35. The number of aryl methyl sites for hydroxylation is 1. The summed E-state index contributed by atoms with van der Waals surface area (Å²) < 4.78 is 28.9. The number of sulfonamides is 1. The number of nitrogens with zero attached hydrogens (tertiary/aromatic N) is 2. The molecule has 0 spiro atoms. The molecule has 0 heterocycles. The molecule has 3 aromatic rings. The summed E-state index contributed by atoms with van der Waals surface area (Å²) in [5.74, 6) is -1.02. The Morgan fingerprint density at radius 1 is 0.905 bits per heavy atom. The fourth-order valence-electron chi connectivity index (χ4n) is 4.24. The minimum Gasteiger partial charge on any atom is -0.350 e. The molecule has 0 aliphatic carbocycles. The zero-order chi connectivity index (χ0) is 31.4. The molecule has 0 saturated carbocycles. The smallest absolute Gasteiger partial charge is 0.264 e. The predicted octanol–water partition coefficient (Wildman–Crippen LogP) is 7.53. The number of nitrogens with one attached hydrogen (secondary N) is 1. The van der Waals surface area contributed by atoms with E-state index < -0.39 is 34.1 Å². The number of rotatable bonds is 10. The van der Waals surface area contributed by atoms with E-state index in [1.54, 1.807) is 43.3 Å². The SMILES string of the molecule is CCC(C(=O)NC(C)(C)C)N(Cc1ccc(Cl)c(Cl)c1)C(=O)CN(c1cccc(Cl)c1Cl)S(=O)(=O)c1ccc(C)cc1. The largest absolute Gasteiger partial charge is 0.350 e. The molecule has 42 heavy (non-hydrogen) atoms. The lowest BCUT2D eigenvalue weighted by Gasteiger charge is -2.35. The van der Waals surface area contributed by atoms with E-state index in [0.29, 0.717) is 10.6 Å². The van der Waals surface area contributed by atoms with Gasteiger partial charge in [-0.25, -0.2) is 8.42 Å². The fraction of sp³-hybridized carbons (Fsp3) is 0.333. The standard InChI is InChI=1S/C30H33Cl4N3O4S/c1-6-25(29(39)35-30(3,4)5)36(17-20-12-15-22(31)24(33)16-20)27(38)18-37(26-9-7-8-23(32)28(26)34)42(40,41)21-13-10-19(2)11-14-21/h7-16,25H,6,17-18H2,1-5H3,(H,35,39). The lowest BCUT2D eigenvalue weighted by atomic mass is 10.1. The van der Waals surface area contributed by atoms with E-state index in [4.69, 9.17) is 46.4 Å². The summed E-state index contributed by atoms with van der Waals surface area (Å²) in [6.07, 6.45) is 0.262. The van der Waals surface area contributed by atoms with E-state index in [2.05, 4.69) is 5.32 Å². The van der Waals surface area contributed by atoms with Crippen molar-refractivity contribution in [1.29, 1.82) is 0 Å². The number of hydrogen-bond donors (Lipinski definition) is 1. The first-order valence-corrected chi connectivity index (χ1v) is 16.1. The van der Waals surface area contributed by atoms with Crippen LogP contribution in [0.15, 0.2) is 65.6 Å². The second-order valence-electron chi connectivity index (χ2n) is 10.8. The van der Waals surface area contributed by atoms with E-state index in [0.717, 1.165) is 9.87 Å². The van der Waals surface area contributed by atoms with Gasteiger partial charge in [-0.2, -0.15) is 0 Å². The number of hydrogen-bond acceptors (Lipinski definition) is 4. The summed E-state index contributed by atoms with van der Waals surface area (Å²) in [5, 5.41) is 3.63. The van der Waals surface area contributed by atoms with Gasteiger partial charge >= 0.3 is 0 Å². The molecule has 0 aliphatic heterocycles. The van der Waals surface area contributed by atoms with Crippen molar-refractivity contribution in [2.24, 2.45) is 0 Å². The molecule has 226 valence electrons. The number of benzene rings is 3. The summed E-state index contributed by atoms with van der Waals surface area (Å²) in [4.78, 5) is 28.9. The molecule has 0 saturated heterocycles. The quantitative estimate of drug-likeness (QED) is 0.241. The van der Waals surface area contributed by atoms with Crippen molar-refractivity contribution >= 4 is 73.9 Å². The maximum atomic E-state index is 14.2. The predicted molar refractivity (Wildman–Crippen MR) is 171 cm³/mol. The summed E-state index contributed by atoms with van der Waals surface area (Å²) in [6, 6.07) is 14.7. The number of carbonyl (C=O) groups is 2. The van der Waals surface area contributed by atoms with Gasteiger partial charge in [-0.05, 0) is 76.1 Å². The van der Waals surface area contributed by atoms with E-state index in [-0.39, 0.29) is 44.5 Å². The number of halogens is 4. The average molecular weight is 673 g/mol. The van der Waals surface area contributed by atoms with Crippen LogP contribution in [0.3, 0.4) is 0 Å². The van der Waals surface area contributed by atoms with Crippen LogP contribution in [0.2, 0.25) is 20.1 Å². The molecular weight excluding hydrogens is 640 g/mol. The van der Waals surface area contributed by atoms with Crippen LogP contribution in [-0.4, -0.2) is 43.3 Å². The zero-order valence-corrected chi connectivity index (χ0v) is 27.8. The van der Waals surface area contributed by atoms with Gasteiger partial charge in [-0.3, -0.25) is 13.9 Å². The summed E-state index contributed by atoms with van der Waals surface area (Å²) in [5.41, 5.74) is 0.923. The molecule has 0 radical (unpaired) electrons. The van der Waals surface area contributed by atoms with Crippen molar-refractivity contribution in [3.05, 3.63) is 91.9 Å². The normalized spacial score (nSPS) is 12.5. The molecule has 7 nitrogen and oxygen atoms in total. The van der Waals surface area contributed by atoms with Crippen LogP contribution in [-0.2, 0) is 26.2 Å². The van der Waals surface area contributed by atoms with E-state index in [1.807, 2.05) is 27.7 Å². The van der Waals surface area contributed by atoms with Gasteiger partial charge in [-0.1, -0.05) is 83.2 Å². The van der Waals surface area contributed by atoms with Crippen molar-refractivity contribution in [3.63, 3.8) is 0 Å². The molecule has 3 rings (SSSR count). The Hall–Kier alpha value is -2.49. The third kappa shape index (κ3) is 8.32. The van der Waals surface area contributed by atoms with Gasteiger partial charge in [0.2, 0.25) is 11.8 Å². The topological polar surface area (TPSA) is 86.8 Å². The van der Waals surface area contributed by atoms with Gasteiger partial charge in [0.05, 0.1) is 30.7 Å². The number of anilines is 1. The van der Waals surface area contributed by atoms with Crippen LogP contribution < -0.4 is 9.62 Å². The zero-order valence-electron chi connectivity index (χ0n) is 23.9. The van der Waals surface area contributed by atoms with Crippen molar-refractivity contribution in [2.75, 3.05) is 10.8 Å². The maximum absolute atomic E-state index is 14.2. The summed E-state index contributed by atoms with van der Waals surface area (Å²) in [7, 11) is -4.30. The Bertz CT molecular complexity index is 1560. The van der Waals surface area contributed by atoms with Gasteiger partial charge in [-0.15, -0.1) is 0 Å². The monoisotopic (exact) mass is 671 g/mol. The van der Waals surface area contributed by atoms with Crippen molar-refractivity contribution in [1.82, 2.24) is 10.2 Å². The molecule has 0 bridgehead atoms. The molecule has 1 unspecified atom stereocenters. The van der Waals surface area contributed by atoms with Crippen molar-refractivity contribution in [3.8, 4) is 0 Å². The van der Waals surface area contributed by atoms with Crippen LogP contribution in [0, 0.1) is 6.92 Å². The molecule has 2 amide bonds. The van der Waals surface area contributed by atoms with E-state index >= 15 is 0 Å². The minimum atomic E-state index is -4.30. The molecule has 1 atom stereocenters. The van der Waals surface area contributed by atoms with Crippen molar-refractivity contribution in [2.45, 2.75) is 64.1 Å². The van der Waals surface area contributed by atoms with Crippen LogP contribution in [0.1, 0.15) is 45.2 Å². The van der Waals surface area contributed by atoms with Gasteiger partial charge in [0.15, 0.2) is 0 Å². The third-order valence-corrected chi connectivity index (χ3v) is 9.63. The Kier molecular flexibility index (Phi) is 11.2. The first-order chi connectivity index (χ1) is 19.5. The van der Waals surface area contributed by atoms with Gasteiger partial charge in [0.25, 0.3) is 10.0 Å². The summed E-state index contributed by atoms with van der Waals surface area (Å²) in [6.45, 7) is 8.42. The molecule has 0 fully saturated rings. The third-order valence-electron chi connectivity index (χ3n) is 6.31. The van der Waals surface area contributed by atoms with Crippen LogP contribution in [0.4, 0.5) is 5.69 Å². The van der Waals surface area contributed by atoms with Gasteiger partial charge < -0.3 is 10.2 Å². The van der Waals surface area contributed by atoms with Gasteiger partial charge in [0, 0.05) is 12.1 Å². The number of amides is 2. The summed E-state index contributed by atoms with van der Waals surface area (Å²) >= 11 is 25.1. The Balaban J connectivity index is 2.13. The molecule has 3 aromatic carbocycles. The fourth-order valence-corrected chi connectivity index (χ4v) is 6.44. The molecule has 0 aliphatic rings. The van der Waals surface area contributed by atoms with Crippen LogP contribution >= 0.6 is 46.4 Å². The molecular formula is C30H33Cl4N3O4S. The highest BCUT2D eigenvalue weighted by molar-refractivity contribution is 7.92. The Labute approximate surface area is 267 Å². The van der Waals surface area contributed by atoms with E-state index in [9.17, 15) is 18.0 Å². The first-order valence-electron chi connectivity index (χ1n) is 13.1. The van der Waals surface area contributed by atoms with E-state index in [1.165, 1.54) is 29.2 Å². The lowest BCUT2D eigenvalue weighted by Crippen LogP contribution is -2.55. The second kappa shape index (κ2) is 13.9. The molecule has 12 heteroatoms. The van der Waals surface area contributed by atoms with Crippen LogP contribution in [0.25, 0.3) is 0 Å². The molecule has 0 aromatic heterocycles. The number of carbonyl (C=O) groups excluding carboxylic acids is 2. The maximum Gasteiger partial charge on any atom is 0.264 e. The minimum absolute atomic E-state index is 0.0276. The first kappa shape index (κ1) is 34.0. The van der Waals surface area contributed by atoms with Crippen molar-refractivity contribution < 1.29 is 18.0 Å². The highest BCUT2D eigenvalue weighted by Crippen LogP contribution is 2.36.